The molecule has 2 saturated heterocycles. The lowest BCUT2D eigenvalue weighted by molar-refractivity contribution is 0.0398. The highest BCUT2D eigenvalue weighted by atomic mass is 15.3. The first-order chi connectivity index (χ1) is 6.25. The Hall–Kier alpha value is -0.0400. The van der Waals surface area contributed by atoms with Crippen LogP contribution < -0.4 is 0 Å². The van der Waals surface area contributed by atoms with Gasteiger partial charge < -0.3 is 0 Å². The maximum Gasteiger partial charge on any atom is 0.0264 e. The Balaban J connectivity index is 1.99. The van der Waals surface area contributed by atoms with Crippen molar-refractivity contribution in [1.82, 2.24) is 4.90 Å². The number of rotatable bonds is 1. The van der Waals surface area contributed by atoms with Crippen molar-refractivity contribution in [2.75, 3.05) is 6.54 Å². The van der Waals surface area contributed by atoms with Crippen LogP contribution in [0.15, 0.2) is 0 Å². The fourth-order valence-electron chi connectivity index (χ4n) is 4.63. The molecule has 1 saturated carbocycles. The molecule has 1 heteroatoms. The molecular weight excluding hydrogens is 158 g/mol. The zero-order chi connectivity index (χ0) is 9.05. The number of hydrogen-bond acceptors (Lipinski definition) is 1. The van der Waals surface area contributed by atoms with Crippen molar-refractivity contribution < 1.29 is 0 Å². The van der Waals surface area contributed by atoms with Crippen LogP contribution in [0, 0.1) is 11.8 Å². The molecule has 3 atom stereocenters. The first-order valence-corrected chi connectivity index (χ1v) is 6.02. The molecule has 2 bridgehead atoms. The van der Waals surface area contributed by atoms with E-state index in [-0.39, 0.29) is 0 Å². The van der Waals surface area contributed by atoms with Gasteiger partial charge in [0.05, 0.1) is 0 Å². The van der Waals surface area contributed by atoms with Crippen LogP contribution in [0.25, 0.3) is 0 Å². The molecule has 13 heavy (non-hydrogen) atoms. The lowest BCUT2D eigenvalue weighted by Crippen LogP contribution is -2.52. The van der Waals surface area contributed by atoms with Crippen LogP contribution in [-0.2, 0) is 0 Å². The van der Waals surface area contributed by atoms with E-state index in [0.717, 1.165) is 17.9 Å². The lowest BCUT2D eigenvalue weighted by atomic mass is 9.74. The normalized spacial score (nSPS) is 49.2. The van der Waals surface area contributed by atoms with Crippen molar-refractivity contribution in [2.24, 2.45) is 11.8 Å². The van der Waals surface area contributed by atoms with Crippen LogP contribution in [0.5, 0.6) is 0 Å². The summed E-state index contributed by atoms with van der Waals surface area (Å²) < 4.78 is 0. The monoisotopic (exact) mass is 179 g/mol. The number of piperidine rings is 1. The van der Waals surface area contributed by atoms with Gasteiger partial charge in [0.1, 0.15) is 0 Å². The fourth-order valence-corrected chi connectivity index (χ4v) is 4.63. The van der Waals surface area contributed by atoms with E-state index >= 15 is 0 Å². The number of fused-ring (bicyclic) bond motifs is 5. The summed E-state index contributed by atoms with van der Waals surface area (Å²) in [5, 5.41) is 0. The smallest absolute Gasteiger partial charge is 0.0264 e. The molecule has 0 N–H and O–H groups in total. The molecule has 0 spiro atoms. The van der Waals surface area contributed by atoms with E-state index in [2.05, 4.69) is 18.7 Å². The molecular formula is C12H21N. The Labute approximate surface area is 81.5 Å². The Kier molecular flexibility index (Phi) is 1.59. The van der Waals surface area contributed by atoms with Crippen LogP contribution >= 0.6 is 0 Å². The summed E-state index contributed by atoms with van der Waals surface area (Å²) in [5.41, 5.74) is 0.656. The molecule has 3 rings (SSSR count). The first-order valence-electron chi connectivity index (χ1n) is 6.02. The second kappa shape index (κ2) is 2.50. The second-order valence-electron chi connectivity index (χ2n) is 5.61. The summed E-state index contributed by atoms with van der Waals surface area (Å²) in [6.07, 6.45) is 7.51. The highest BCUT2D eigenvalue weighted by Crippen LogP contribution is 2.57. The Morgan fingerprint density at radius 2 is 2.15 bits per heavy atom. The summed E-state index contributed by atoms with van der Waals surface area (Å²) in [7, 11) is 0. The third-order valence-corrected chi connectivity index (χ3v) is 5.06. The van der Waals surface area contributed by atoms with E-state index in [1.165, 1.54) is 38.6 Å². The van der Waals surface area contributed by atoms with Crippen molar-refractivity contribution in [2.45, 2.75) is 57.5 Å². The molecule has 0 aromatic rings. The van der Waals surface area contributed by atoms with E-state index in [4.69, 9.17) is 0 Å². The molecule has 0 aromatic carbocycles. The van der Waals surface area contributed by atoms with Gasteiger partial charge in [0.2, 0.25) is 0 Å². The summed E-state index contributed by atoms with van der Waals surface area (Å²) in [6, 6.07) is 0.981. The van der Waals surface area contributed by atoms with Crippen LogP contribution in [-0.4, -0.2) is 23.0 Å². The molecule has 3 aliphatic rings. The highest BCUT2D eigenvalue weighted by molar-refractivity contribution is 5.13. The minimum Gasteiger partial charge on any atom is -0.294 e. The maximum atomic E-state index is 2.88. The topological polar surface area (TPSA) is 3.24 Å². The molecule has 2 heterocycles. The van der Waals surface area contributed by atoms with Gasteiger partial charge in [0, 0.05) is 11.6 Å². The van der Waals surface area contributed by atoms with Crippen LogP contribution in [0.2, 0.25) is 0 Å². The van der Waals surface area contributed by atoms with E-state index in [1.807, 2.05) is 0 Å². The van der Waals surface area contributed by atoms with Gasteiger partial charge in [-0.05, 0) is 50.5 Å². The van der Waals surface area contributed by atoms with Gasteiger partial charge in [-0.25, -0.2) is 0 Å². The summed E-state index contributed by atoms with van der Waals surface area (Å²) in [6.45, 7) is 6.29. The maximum absolute atomic E-state index is 2.88. The van der Waals surface area contributed by atoms with Crippen LogP contribution in [0.3, 0.4) is 0 Å². The average Bonchev–Trinajstić information content (AvgIpc) is 2.76. The summed E-state index contributed by atoms with van der Waals surface area (Å²) >= 11 is 0. The lowest BCUT2D eigenvalue weighted by Gasteiger charge is -2.45. The SMILES string of the molecule is CC(C)C12CCCN1C1CCC2C1. The quantitative estimate of drug-likeness (QED) is 0.598. The average molecular weight is 179 g/mol. The molecule has 3 unspecified atom stereocenters. The molecule has 3 fully saturated rings. The summed E-state index contributed by atoms with van der Waals surface area (Å²) in [4.78, 5) is 2.88. The van der Waals surface area contributed by atoms with Gasteiger partial charge in [-0.3, -0.25) is 4.90 Å². The van der Waals surface area contributed by atoms with Crippen LogP contribution in [0.4, 0.5) is 0 Å². The Morgan fingerprint density at radius 3 is 2.85 bits per heavy atom. The van der Waals surface area contributed by atoms with Gasteiger partial charge in [0.25, 0.3) is 0 Å². The third kappa shape index (κ3) is 0.823. The minimum absolute atomic E-state index is 0.656. The third-order valence-electron chi connectivity index (χ3n) is 5.06. The van der Waals surface area contributed by atoms with Crippen molar-refractivity contribution in [1.29, 1.82) is 0 Å². The second-order valence-corrected chi connectivity index (χ2v) is 5.61. The molecule has 0 amide bonds. The Morgan fingerprint density at radius 1 is 1.31 bits per heavy atom. The van der Waals surface area contributed by atoms with Gasteiger partial charge in [-0.2, -0.15) is 0 Å². The van der Waals surface area contributed by atoms with Crippen molar-refractivity contribution >= 4 is 0 Å². The minimum atomic E-state index is 0.656. The van der Waals surface area contributed by atoms with E-state index in [1.54, 1.807) is 0 Å². The molecule has 1 aliphatic carbocycles. The molecule has 0 radical (unpaired) electrons. The zero-order valence-electron chi connectivity index (χ0n) is 8.92. The molecule has 74 valence electrons. The van der Waals surface area contributed by atoms with Crippen LogP contribution in [0.1, 0.15) is 46.0 Å². The fraction of sp³-hybridized carbons (Fsp3) is 1.00. The van der Waals surface area contributed by atoms with Crippen molar-refractivity contribution in [3.63, 3.8) is 0 Å². The number of hydrogen-bond donors (Lipinski definition) is 0. The van der Waals surface area contributed by atoms with Crippen molar-refractivity contribution in [3.8, 4) is 0 Å². The number of nitrogens with zero attached hydrogens (tertiary/aromatic N) is 1. The molecule has 2 aliphatic heterocycles. The van der Waals surface area contributed by atoms with Gasteiger partial charge in [-0.15, -0.1) is 0 Å². The molecule has 0 aromatic heterocycles. The summed E-state index contributed by atoms with van der Waals surface area (Å²) in [5.74, 6) is 1.94. The van der Waals surface area contributed by atoms with E-state index in [9.17, 15) is 0 Å². The van der Waals surface area contributed by atoms with E-state index in [0.29, 0.717) is 5.54 Å². The predicted molar refractivity (Wildman–Crippen MR) is 54.6 cm³/mol. The largest absolute Gasteiger partial charge is 0.294 e. The van der Waals surface area contributed by atoms with E-state index < -0.39 is 0 Å². The predicted octanol–water partition coefficient (Wildman–Crippen LogP) is 2.66. The zero-order valence-corrected chi connectivity index (χ0v) is 8.92. The van der Waals surface area contributed by atoms with Gasteiger partial charge in [0.15, 0.2) is 0 Å². The first kappa shape index (κ1) is 8.28. The van der Waals surface area contributed by atoms with Gasteiger partial charge >= 0.3 is 0 Å². The standard InChI is InChI=1S/C12H21N/c1-9(2)12-6-3-7-13(12)11-5-4-10(12)8-11/h9-11H,3-8H2,1-2H3. The Bertz CT molecular complexity index is 223. The van der Waals surface area contributed by atoms with Gasteiger partial charge in [-0.1, -0.05) is 13.8 Å². The molecule has 1 nitrogen and oxygen atoms in total. The van der Waals surface area contributed by atoms with Crippen molar-refractivity contribution in [3.05, 3.63) is 0 Å². The highest BCUT2D eigenvalue weighted by Gasteiger charge is 2.59.